The van der Waals surface area contributed by atoms with Crippen LogP contribution in [0.5, 0.6) is 5.88 Å². The van der Waals surface area contributed by atoms with Gasteiger partial charge in [-0.25, -0.2) is 10.8 Å². The summed E-state index contributed by atoms with van der Waals surface area (Å²) in [6, 6.07) is 0.516. The van der Waals surface area contributed by atoms with Crippen LogP contribution in [0.1, 0.15) is 19.3 Å². The summed E-state index contributed by atoms with van der Waals surface area (Å²) < 4.78 is 18.7. The highest BCUT2D eigenvalue weighted by molar-refractivity contribution is 5.26. The van der Waals surface area contributed by atoms with Crippen LogP contribution < -0.4 is 16.0 Å². The lowest BCUT2D eigenvalue weighted by Gasteiger charge is -2.19. The maximum absolute atomic E-state index is 13.4. The van der Waals surface area contributed by atoms with Crippen LogP contribution in [-0.4, -0.2) is 41.1 Å². The van der Waals surface area contributed by atoms with Crippen molar-refractivity contribution in [1.29, 1.82) is 0 Å². The number of rotatable bonds is 5. The number of nitrogens with one attached hydrogen (secondary N) is 1. The van der Waals surface area contributed by atoms with Crippen LogP contribution in [0.4, 0.5) is 10.3 Å². The van der Waals surface area contributed by atoms with Crippen LogP contribution in [0.2, 0.25) is 0 Å². The van der Waals surface area contributed by atoms with Gasteiger partial charge in [0.05, 0.1) is 12.8 Å². The Morgan fingerprint density at radius 2 is 2.50 bits per heavy atom. The van der Waals surface area contributed by atoms with Gasteiger partial charge < -0.3 is 9.64 Å². The molecule has 100 valence electrons. The molecule has 2 rings (SSSR count). The quantitative estimate of drug-likeness (QED) is 0.597. The van der Waals surface area contributed by atoms with Crippen molar-refractivity contribution in [3.05, 3.63) is 12.0 Å². The summed E-state index contributed by atoms with van der Waals surface area (Å²) in [6.45, 7) is 1.56. The molecule has 1 unspecified atom stereocenters. The van der Waals surface area contributed by atoms with Gasteiger partial charge in [-0.05, 0) is 32.9 Å². The first-order valence-electron chi connectivity index (χ1n) is 6.03. The molecule has 0 aromatic carbocycles. The second kappa shape index (κ2) is 5.92. The van der Waals surface area contributed by atoms with E-state index in [0.29, 0.717) is 12.6 Å². The number of anilines is 1. The molecule has 1 atom stereocenters. The van der Waals surface area contributed by atoms with Gasteiger partial charge >= 0.3 is 0 Å². The van der Waals surface area contributed by atoms with E-state index in [9.17, 15) is 4.39 Å². The lowest BCUT2D eigenvalue weighted by molar-refractivity contribution is 0.222. The molecule has 1 saturated heterocycles. The fraction of sp³-hybridized carbons (Fsp3) is 0.636. The minimum Gasteiger partial charge on any atom is -0.475 e. The molecule has 2 heterocycles. The normalized spacial score (nSPS) is 20.1. The van der Waals surface area contributed by atoms with Gasteiger partial charge in [-0.2, -0.15) is 9.37 Å². The topological polar surface area (TPSA) is 76.3 Å². The first kappa shape index (κ1) is 13.0. The molecule has 3 N–H and O–H groups in total. The van der Waals surface area contributed by atoms with E-state index in [1.165, 1.54) is 12.8 Å². The maximum atomic E-state index is 13.4. The second-order valence-corrected chi connectivity index (χ2v) is 4.40. The number of nitrogens with zero attached hydrogens (tertiary/aromatic N) is 3. The molecule has 0 amide bonds. The van der Waals surface area contributed by atoms with Crippen LogP contribution >= 0.6 is 0 Å². The highest BCUT2D eigenvalue weighted by Gasteiger charge is 2.20. The summed E-state index contributed by atoms with van der Waals surface area (Å²) in [7, 11) is 2.10. The summed E-state index contributed by atoms with van der Waals surface area (Å²) >= 11 is 0. The summed E-state index contributed by atoms with van der Waals surface area (Å²) in [6.07, 6.45) is 4.29. The number of hydrogen-bond donors (Lipinski definition) is 2. The molecule has 1 aliphatic rings. The Bertz CT molecular complexity index is 403. The molecule has 7 heteroatoms. The molecule has 1 aromatic heterocycles. The Hall–Kier alpha value is -1.47. The van der Waals surface area contributed by atoms with Gasteiger partial charge in [0.1, 0.15) is 0 Å². The largest absolute Gasteiger partial charge is 0.475 e. The Morgan fingerprint density at radius 3 is 3.17 bits per heavy atom. The van der Waals surface area contributed by atoms with Gasteiger partial charge in [-0.1, -0.05) is 0 Å². The predicted molar refractivity (Wildman–Crippen MR) is 65.6 cm³/mol. The minimum atomic E-state index is -0.575. The summed E-state index contributed by atoms with van der Waals surface area (Å²) in [4.78, 5) is 9.76. The van der Waals surface area contributed by atoms with Crippen LogP contribution in [0, 0.1) is 5.82 Å². The van der Waals surface area contributed by atoms with Crippen molar-refractivity contribution in [2.45, 2.75) is 25.3 Å². The SMILES string of the molecule is CN1CCCC1CCOc1nc(NN)ncc1F. The van der Waals surface area contributed by atoms with Gasteiger partial charge in [-0.15, -0.1) is 0 Å². The molecule has 18 heavy (non-hydrogen) atoms. The van der Waals surface area contributed by atoms with E-state index < -0.39 is 5.82 Å². The van der Waals surface area contributed by atoms with Crippen molar-refractivity contribution in [3.63, 3.8) is 0 Å². The highest BCUT2D eigenvalue weighted by atomic mass is 19.1. The average Bonchev–Trinajstić information content (AvgIpc) is 2.77. The van der Waals surface area contributed by atoms with E-state index in [2.05, 4.69) is 27.3 Å². The van der Waals surface area contributed by atoms with Crippen molar-refractivity contribution >= 4 is 5.95 Å². The Balaban J connectivity index is 1.86. The number of halogens is 1. The Kier molecular flexibility index (Phi) is 4.27. The molecule has 0 radical (unpaired) electrons. The average molecular weight is 255 g/mol. The van der Waals surface area contributed by atoms with Gasteiger partial charge in [0, 0.05) is 6.04 Å². The second-order valence-electron chi connectivity index (χ2n) is 4.40. The molecular formula is C11H18FN5O. The molecule has 0 saturated carbocycles. The van der Waals surface area contributed by atoms with Gasteiger partial charge in [0.15, 0.2) is 0 Å². The van der Waals surface area contributed by atoms with E-state index in [4.69, 9.17) is 10.6 Å². The Labute approximate surface area is 105 Å². The molecular weight excluding hydrogens is 237 g/mol. The van der Waals surface area contributed by atoms with E-state index in [0.717, 1.165) is 19.2 Å². The number of hydrazine groups is 1. The molecule has 0 aliphatic carbocycles. The van der Waals surface area contributed by atoms with E-state index >= 15 is 0 Å². The molecule has 1 fully saturated rings. The van der Waals surface area contributed by atoms with E-state index in [-0.39, 0.29) is 11.8 Å². The van der Waals surface area contributed by atoms with Crippen LogP contribution in [-0.2, 0) is 0 Å². The monoisotopic (exact) mass is 255 g/mol. The van der Waals surface area contributed by atoms with Crippen molar-refractivity contribution in [2.75, 3.05) is 25.6 Å². The van der Waals surface area contributed by atoms with Crippen LogP contribution in [0.3, 0.4) is 0 Å². The fourth-order valence-electron chi connectivity index (χ4n) is 2.16. The van der Waals surface area contributed by atoms with Gasteiger partial charge in [0.25, 0.3) is 5.88 Å². The van der Waals surface area contributed by atoms with Crippen molar-refractivity contribution < 1.29 is 9.13 Å². The standard InChI is InChI=1S/C11H18FN5O/c1-17-5-2-3-8(17)4-6-18-10-9(12)7-14-11(15-10)16-13/h7-8H,2-6,13H2,1H3,(H,14,15,16). The zero-order chi connectivity index (χ0) is 13.0. The summed E-state index contributed by atoms with van der Waals surface area (Å²) in [5.41, 5.74) is 2.26. The van der Waals surface area contributed by atoms with E-state index in [1.54, 1.807) is 0 Å². The third kappa shape index (κ3) is 3.05. The predicted octanol–water partition coefficient (Wildman–Crippen LogP) is 0.764. The lowest BCUT2D eigenvalue weighted by atomic mass is 10.1. The third-order valence-electron chi connectivity index (χ3n) is 3.20. The van der Waals surface area contributed by atoms with Crippen molar-refractivity contribution in [1.82, 2.24) is 14.9 Å². The summed E-state index contributed by atoms with van der Waals surface area (Å²) in [5.74, 6) is 4.67. The first-order chi connectivity index (χ1) is 8.70. The Morgan fingerprint density at radius 1 is 1.67 bits per heavy atom. The van der Waals surface area contributed by atoms with Gasteiger partial charge in [0.2, 0.25) is 11.8 Å². The highest BCUT2D eigenvalue weighted by Crippen LogP contribution is 2.19. The van der Waals surface area contributed by atoms with Crippen LogP contribution in [0.25, 0.3) is 0 Å². The third-order valence-corrected chi connectivity index (χ3v) is 3.20. The molecule has 6 nitrogen and oxygen atoms in total. The number of ether oxygens (including phenoxy) is 1. The molecule has 0 spiro atoms. The van der Waals surface area contributed by atoms with Crippen molar-refractivity contribution in [3.8, 4) is 5.88 Å². The number of likely N-dealkylation sites (tertiary alicyclic amines) is 1. The van der Waals surface area contributed by atoms with Crippen LogP contribution in [0.15, 0.2) is 6.20 Å². The smallest absolute Gasteiger partial charge is 0.255 e. The number of aromatic nitrogens is 2. The zero-order valence-electron chi connectivity index (χ0n) is 10.4. The molecule has 1 aliphatic heterocycles. The van der Waals surface area contributed by atoms with E-state index in [1.807, 2.05) is 0 Å². The number of hydrogen-bond acceptors (Lipinski definition) is 6. The lowest BCUT2D eigenvalue weighted by Crippen LogP contribution is -2.26. The maximum Gasteiger partial charge on any atom is 0.255 e. The molecule has 0 bridgehead atoms. The summed E-state index contributed by atoms with van der Waals surface area (Å²) in [5, 5.41) is 0. The zero-order valence-corrected chi connectivity index (χ0v) is 10.4. The van der Waals surface area contributed by atoms with Gasteiger partial charge in [-0.3, -0.25) is 5.43 Å². The first-order valence-corrected chi connectivity index (χ1v) is 6.03. The minimum absolute atomic E-state index is 0.0569. The van der Waals surface area contributed by atoms with Crippen molar-refractivity contribution in [2.24, 2.45) is 5.84 Å². The number of nitrogens with two attached hydrogens (primary N) is 1. The number of nitrogen functional groups attached to an aromatic ring is 1. The fourth-order valence-corrected chi connectivity index (χ4v) is 2.16. The molecule has 1 aromatic rings.